The second-order valence-electron chi connectivity index (χ2n) is 6.06. The quantitative estimate of drug-likeness (QED) is 0.936. The van der Waals surface area contributed by atoms with E-state index in [1.54, 1.807) is 18.2 Å². The van der Waals surface area contributed by atoms with Gasteiger partial charge in [0.25, 0.3) is 5.91 Å². The van der Waals surface area contributed by atoms with Gasteiger partial charge in [-0.15, -0.1) is 0 Å². The first-order valence-electron chi connectivity index (χ1n) is 8.37. The van der Waals surface area contributed by atoms with Crippen LogP contribution in [0.3, 0.4) is 0 Å². The minimum absolute atomic E-state index is 0.157. The molecule has 1 N–H and O–H groups in total. The third kappa shape index (κ3) is 2.77. The molecule has 4 rings (SSSR count). The fourth-order valence-electron chi connectivity index (χ4n) is 3.29. The van der Waals surface area contributed by atoms with Crippen LogP contribution in [-0.4, -0.2) is 25.8 Å². The van der Waals surface area contributed by atoms with E-state index in [1.807, 2.05) is 18.2 Å². The largest absolute Gasteiger partial charge is 0.454 e. The number of benzene rings is 2. The molecule has 0 atom stereocenters. The minimum Gasteiger partial charge on any atom is -0.454 e. The lowest BCUT2D eigenvalue weighted by Gasteiger charge is -2.30. The zero-order chi connectivity index (χ0) is 16.4. The molecule has 5 heteroatoms. The Morgan fingerprint density at radius 3 is 2.67 bits per heavy atom. The monoisotopic (exact) mass is 324 g/mol. The molecule has 0 aromatic heterocycles. The maximum atomic E-state index is 12.7. The van der Waals surface area contributed by atoms with E-state index >= 15 is 0 Å². The Kier molecular flexibility index (Phi) is 3.99. The standard InChI is InChI=1S/C19H20N2O3/c22-19(14-7-6-10-17-18(14)24-13-23-17)20-15-8-2-3-9-16(15)21-11-4-1-5-12-21/h2-3,6-10H,1,4-5,11-13H2,(H,20,22). The summed E-state index contributed by atoms with van der Waals surface area (Å²) in [5, 5.41) is 3.04. The number of carbonyl (C=O) groups is 1. The number of amides is 1. The number of rotatable bonds is 3. The summed E-state index contributed by atoms with van der Waals surface area (Å²) in [5.41, 5.74) is 2.41. The molecule has 2 aromatic rings. The number of anilines is 2. The molecular weight excluding hydrogens is 304 g/mol. The maximum absolute atomic E-state index is 12.7. The molecule has 2 aliphatic rings. The highest BCUT2D eigenvalue weighted by Crippen LogP contribution is 2.36. The molecule has 0 saturated carbocycles. The topological polar surface area (TPSA) is 50.8 Å². The van der Waals surface area contributed by atoms with Crippen LogP contribution in [0.4, 0.5) is 11.4 Å². The van der Waals surface area contributed by atoms with Gasteiger partial charge in [0.15, 0.2) is 11.5 Å². The van der Waals surface area contributed by atoms with Crippen molar-refractivity contribution in [3.63, 3.8) is 0 Å². The van der Waals surface area contributed by atoms with Crippen molar-refractivity contribution in [3.8, 4) is 11.5 Å². The molecule has 0 aliphatic carbocycles. The van der Waals surface area contributed by atoms with E-state index in [4.69, 9.17) is 9.47 Å². The molecule has 0 bridgehead atoms. The normalized spacial score (nSPS) is 16.1. The van der Waals surface area contributed by atoms with Gasteiger partial charge in [-0.3, -0.25) is 4.79 Å². The molecule has 1 amide bonds. The van der Waals surface area contributed by atoms with Crippen molar-refractivity contribution in [1.82, 2.24) is 0 Å². The summed E-state index contributed by atoms with van der Waals surface area (Å²) in [7, 11) is 0. The van der Waals surface area contributed by atoms with Crippen molar-refractivity contribution < 1.29 is 14.3 Å². The summed E-state index contributed by atoms with van der Waals surface area (Å²) in [6, 6.07) is 13.3. The summed E-state index contributed by atoms with van der Waals surface area (Å²) in [6.07, 6.45) is 3.66. The van der Waals surface area contributed by atoms with Crippen LogP contribution in [0.2, 0.25) is 0 Å². The molecule has 0 radical (unpaired) electrons. The Hall–Kier alpha value is -2.69. The van der Waals surface area contributed by atoms with Gasteiger partial charge in [-0.05, 0) is 43.5 Å². The molecule has 2 aromatic carbocycles. The number of nitrogens with zero attached hydrogens (tertiary/aromatic N) is 1. The molecule has 1 saturated heterocycles. The first kappa shape index (κ1) is 14.9. The molecule has 1 fully saturated rings. The smallest absolute Gasteiger partial charge is 0.259 e. The molecule has 0 spiro atoms. The van der Waals surface area contributed by atoms with E-state index in [2.05, 4.69) is 16.3 Å². The van der Waals surface area contributed by atoms with Crippen LogP contribution >= 0.6 is 0 Å². The Morgan fingerprint density at radius 2 is 1.79 bits per heavy atom. The van der Waals surface area contributed by atoms with E-state index in [0.29, 0.717) is 17.1 Å². The lowest BCUT2D eigenvalue weighted by atomic mass is 10.1. The van der Waals surface area contributed by atoms with Crippen LogP contribution in [-0.2, 0) is 0 Å². The first-order chi connectivity index (χ1) is 11.8. The highest BCUT2D eigenvalue weighted by Gasteiger charge is 2.23. The number of carbonyl (C=O) groups excluding carboxylic acids is 1. The molecule has 2 aliphatic heterocycles. The third-order valence-corrected chi connectivity index (χ3v) is 4.49. The van der Waals surface area contributed by atoms with Gasteiger partial charge in [0.2, 0.25) is 6.79 Å². The van der Waals surface area contributed by atoms with Crippen LogP contribution in [0.5, 0.6) is 11.5 Å². The Morgan fingerprint density at radius 1 is 0.958 bits per heavy atom. The number of para-hydroxylation sites is 3. The number of ether oxygens (including phenoxy) is 2. The zero-order valence-electron chi connectivity index (χ0n) is 13.5. The van der Waals surface area contributed by atoms with Gasteiger partial charge in [0.05, 0.1) is 16.9 Å². The Labute approximate surface area is 141 Å². The van der Waals surface area contributed by atoms with Crippen LogP contribution < -0.4 is 19.7 Å². The first-order valence-corrected chi connectivity index (χ1v) is 8.37. The fourth-order valence-corrected chi connectivity index (χ4v) is 3.29. The number of piperidine rings is 1. The number of hydrogen-bond donors (Lipinski definition) is 1. The van der Waals surface area contributed by atoms with Crippen LogP contribution in [0.15, 0.2) is 42.5 Å². The summed E-state index contributed by atoms with van der Waals surface area (Å²) < 4.78 is 10.8. The highest BCUT2D eigenvalue weighted by atomic mass is 16.7. The van der Waals surface area contributed by atoms with Gasteiger partial charge in [0.1, 0.15) is 0 Å². The Bertz CT molecular complexity index is 754. The molecule has 0 unspecified atom stereocenters. The number of fused-ring (bicyclic) bond motifs is 1. The predicted molar refractivity (Wildman–Crippen MR) is 93.0 cm³/mol. The molecule has 5 nitrogen and oxygen atoms in total. The van der Waals surface area contributed by atoms with Crippen molar-refractivity contribution >= 4 is 17.3 Å². The lowest BCUT2D eigenvalue weighted by molar-refractivity contribution is 0.102. The van der Waals surface area contributed by atoms with Crippen molar-refractivity contribution in [2.45, 2.75) is 19.3 Å². The zero-order valence-corrected chi connectivity index (χ0v) is 13.5. The van der Waals surface area contributed by atoms with Gasteiger partial charge in [0, 0.05) is 13.1 Å². The SMILES string of the molecule is O=C(Nc1ccccc1N1CCCCC1)c1cccc2c1OCO2. The van der Waals surface area contributed by atoms with E-state index < -0.39 is 0 Å². The minimum atomic E-state index is -0.179. The van der Waals surface area contributed by atoms with Gasteiger partial charge in [-0.2, -0.15) is 0 Å². The Balaban J connectivity index is 1.60. The van der Waals surface area contributed by atoms with Crippen molar-refractivity contribution in [2.75, 3.05) is 30.1 Å². The highest BCUT2D eigenvalue weighted by molar-refractivity contribution is 6.08. The predicted octanol–water partition coefficient (Wildman–Crippen LogP) is 3.66. The average molecular weight is 324 g/mol. The van der Waals surface area contributed by atoms with Gasteiger partial charge < -0.3 is 19.7 Å². The van der Waals surface area contributed by atoms with Crippen molar-refractivity contribution in [3.05, 3.63) is 48.0 Å². The number of nitrogens with one attached hydrogen (secondary N) is 1. The summed E-state index contributed by atoms with van der Waals surface area (Å²) >= 11 is 0. The second-order valence-corrected chi connectivity index (χ2v) is 6.06. The van der Waals surface area contributed by atoms with Crippen LogP contribution in [0, 0.1) is 0 Å². The van der Waals surface area contributed by atoms with Crippen molar-refractivity contribution in [2.24, 2.45) is 0 Å². The second kappa shape index (κ2) is 6.43. The lowest BCUT2D eigenvalue weighted by Crippen LogP contribution is -2.30. The van der Waals surface area contributed by atoms with Crippen LogP contribution in [0.25, 0.3) is 0 Å². The van der Waals surface area contributed by atoms with E-state index in [0.717, 1.165) is 24.5 Å². The maximum Gasteiger partial charge on any atom is 0.259 e. The number of hydrogen-bond acceptors (Lipinski definition) is 4. The van der Waals surface area contributed by atoms with Crippen LogP contribution in [0.1, 0.15) is 29.6 Å². The summed E-state index contributed by atoms with van der Waals surface area (Å²) in [4.78, 5) is 15.1. The van der Waals surface area contributed by atoms with Gasteiger partial charge >= 0.3 is 0 Å². The summed E-state index contributed by atoms with van der Waals surface area (Å²) in [6.45, 7) is 2.22. The van der Waals surface area contributed by atoms with E-state index in [1.165, 1.54) is 19.3 Å². The average Bonchev–Trinajstić information content (AvgIpc) is 3.11. The van der Waals surface area contributed by atoms with E-state index in [9.17, 15) is 4.79 Å². The van der Waals surface area contributed by atoms with Gasteiger partial charge in [-0.25, -0.2) is 0 Å². The van der Waals surface area contributed by atoms with Gasteiger partial charge in [-0.1, -0.05) is 18.2 Å². The van der Waals surface area contributed by atoms with E-state index in [-0.39, 0.29) is 12.7 Å². The fraction of sp³-hybridized carbons (Fsp3) is 0.316. The third-order valence-electron chi connectivity index (χ3n) is 4.49. The molecule has 124 valence electrons. The summed E-state index contributed by atoms with van der Waals surface area (Å²) in [5.74, 6) is 0.958. The molecular formula is C19H20N2O3. The van der Waals surface area contributed by atoms with Crippen molar-refractivity contribution in [1.29, 1.82) is 0 Å². The molecule has 24 heavy (non-hydrogen) atoms. The molecule has 2 heterocycles.